The van der Waals surface area contributed by atoms with Crippen LogP contribution < -0.4 is 0 Å². The molecule has 1 heterocycles. The molecule has 0 aliphatic rings. The molecule has 8 heteroatoms. The highest BCUT2D eigenvalue weighted by Gasteiger charge is 2.33. The van der Waals surface area contributed by atoms with Crippen molar-refractivity contribution in [1.29, 1.82) is 0 Å². The van der Waals surface area contributed by atoms with Gasteiger partial charge in [0.2, 0.25) is 0 Å². The lowest BCUT2D eigenvalue weighted by atomic mass is 10.3. The number of hydrogen-bond acceptors (Lipinski definition) is 3. The molecule has 0 radical (unpaired) electrons. The van der Waals surface area contributed by atoms with Gasteiger partial charge in [0.25, 0.3) is 5.91 Å². The summed E-state index contributed by atoms with van der Waals surface area (Å²) in [6.45, 7) is 1.24. The third kappa shape index (κ3) is 6.43. The van der Waals surface area contributed by atoms with Gasteiger partial charge < -0.3 is 9.64 Å². The quantitative estimate of drug-likeness (QED) is 0.693. The van der Waals surface area contributed by atoms with Gasteiger partial charge in [-0.2, -0.15) is 13.2 Å². The Balaban J connectivity index is 2.79. The van der Waals surface area contributed by atoms with Gasteiger partial charge in [0.15, 0.2) is 0 Å². The van der Waals surface area contributed by atoms with Gasteiger partial charge in [-0.05, 0) is 41.4 Å². The van der Waals surface area contributed by atoms with Crippen LogP contribution in [0.15, 0.2) is 22.8 Å². The minimum Gasteiger partial charge on any atom is -0.382 e. The Bertz CT molecular complexity index is 469. The van der Waals surface area contributed by atoms with Gasteiger partial charge in [0, 0.05) is 30.4 Å². The first-order chi connectivity index (χ1) is 9.85. The fraction of sp³-hybridized carbons (Fsp3) is 0.538. The maximum absolute atomic E-state index is 12.6. The Labute approximate surface area is 129 Å². The normalized spacial score (nSPS) is 11.5. The summed E-state index contributed by atoms with van der Waals surface area (Å²) in [4.78, 5) is 16.8. The molecule has 1 rings (SSSR count). The minimum atomic E-state index is -4.46. The molecule has 0 fully saturated rings. The van der Waals surface area contributed by atoms with Crippen LogP contribution >= 0.6 is 15.9 Å². The highest BCUT2D eigenvalue weighted by Crippen LogP contribution is 2.20. The van der Waals surface area contributed by atoms with Crippen LogP contribution in [0.4, 0.5) is 13.2 Å². The molecule has 0 saturated heterocycles. The standard InChI is InChI=1S/C13H16BrF3N2O2/c1-2-21-8-4-7-19(9-13(15,16)17)12(20)11-10(14)5-3-6-18-11/h3,5-6H,2,4,7-9H2,1H3. The van der Waals surface area contributed by atoms with Gasteiger partial charge in [0.1, 0.15) is 12.2 Å². The molecule has 1 amide bonds. The summed E-state index contributed by atoms with van der Waals surface area (Å²) in [5, 5.41) is 0. The number of rotatable bonds is 7. The van der Waals surface area contributed by atoms with Gasteiger partial charge in [-0.25, -0.2) is 4.98 Å². The molecule has 118 valence electrons. The fourth-order valence-corrected chi connectivity index (χ4v) is 2.09. The molecule has 0 saturated carbocycles. The first kappa shape index (κ1) is 17.9. The summed E-state index contributed by atoms with van der Waals surface area (Å²) < 4.78 is 43.2. The van der Waals surface area contributed by atoms with E-state index < -0.39 is 18.6 Å². The Morgan fingerprint density at radius 1 is 1.48 bits per heavy atom. The second kappa shape index (κ2) is 8.33. The number of nitrogens with zero attached hydrogens (tertiary/aromatic N) is 2. The van der Waals surface area contributed by atoms with Crippen LogP contribution in [0.25, 0.3) is 0 Å². The Morgan fingerprint density at radius 2 is 2.19 bits per heavy atom. The van der Waals surface area contributed by atoms with Gasteiger partial charge in [0.05, 0.1) is 0 Å². The minimum absolute atomic E-state index is 0.0295. The van der Waals surface area contributed by atoms with E-state index in [0.717, 1.165) is 4.90 Å². The molecule has 0 unspecified atom stereocenters. The maximum Gasteiger partial charge on any atom is 0.406 e. The zero-order valence-electron chi connectivity index (χ0n) is 11.5. The summed E-state index contributed by atoms with van der Waals surface area (Å²) in [6, 6.07) is 3.15. The molecule has 4 nitrogen and oxygen atoms in total. The molecular weight excluding hydrogens is 353 g/mol. The molecule has 0 bridgehead atoms. The highest BCUT2D eigenvalue weighted by molar-refractivity contribution is 9.10. The van der Waals surface area contributed by atoms with Crippen molar-refractivity contribution in [3.05, 3.63) is 28.5 Å². The number of pyridine rings is 1. The SMILES string of the molecule is CCOCCCN(CC(F)(F)F)C(=O)c1ncccc1Br. The second-order valence-electron chi connectivity index (χ2n) is 4.23. The molecule has 1 aromatic heterocycles. The first-order valence-corrected chi connectivity index (χ1v) is 7.18. The average Bonchev–Trinajstić information content (AvgIpc) is 2.41. The van der Waals surface area contributed by atoms with Crippen LogP contribution in [0.2, 0.25) is 0 Å². The number of halogens is 4. The van der Waals surface area contributed by atoms with Crippen molar-refractivity contribution in [2.45, 2.75) is 19.5 Å². The Morgan fingerprint density at radius 3 is 2.76 bits per heavy atom. The monoisotopic (exact) mass is 368 g/mol. The topological polar surface area (TPSA) is 42.4 Å². The van der Waals surface area contributed by atoms with Crippen molar-refractivity contribution in [2.75, 3.05) is 26.3 Å². The number of carbonyl (C=O) groups excluding carboxylic acids is 1. The van der Waals surface area contributed by atoms with E-state index in [1.807, 2.05) is 0 Å². The van der Waals surface area contributed by atoms with E-state index in [1.165, 1.54) is 6.20 Å². The predicted molar refractivity (Wildman–Crippen MR) is 75.0 cm³/mol. The molecule has 0 aliphatic carbocycles. The van der Waals surface area contributed by atoms with Crippen molar-refractivity contribution in [3.63, 3.8) is 0 Å². The van der Waals surface area contributed by atoms with E-state index in [-0.39, 0.29) is 12.2 Å². The zero-order valence-corrected chi connectivity index (χ0v) is 13.1. The lowest BCUT2D eigenvalue weighted by molar-refractivity contribution is -0.141. The lowest BCUT2D eigenvalue weighted by Gasteiger charge is -2.24. The molecule has 0 atom stereocenters. The number of alkyl halides is 3. The lowest BCUT2D eigenvalue weighted by Crippen LogP contribution is -2.40. The second-order valence-corrected chi connectivity index (χ2v) is 5.08. The van der Waals surface area contributed by atoms with Crippen LogP contribution in [0, 0.1) is 0 Å². The number of hydrogen-bond donors (Lipinski definition) is 0. The summed E-state index contributed by atoms with van der Waals surface area (Å²) in [6.07, 6.45) is -2.76. The van der Waals surface area contributed by atoms with E-state index in [9.17, 15) is 18.0 Å². The third-order valence-electron chi connectivity index (χ3n) is 2.54. The van der Waals surface area contributed by atoms with Crippen molar-refractivity contribution in [2.24, 2.45) is 0 Å². The number of amides is 1. The van der Waals surface area contributed by atoms with Crippen LogP contribution in [-0.2, 0) is 4.74 Å². The van der Waals surface area contributed by atoms with Crippen molar-refractivity contribution >= 4 is 21.8 Å². The van der Waals surface area contributed by atoms with Gasteiger partial charge in [-0.1, -0.05) is 0 Å². The third-order valence-corrected chi connectivity index (χ3v) is 3.18. The first-order valence-electron chi connectivity index (χ1n) is 6.39. The summed E-state index contributed by atoms with van der Waals surface area (Å²) >= 11 is 3.12. The molecule has 0 N–H and O–H groups in total. The number of aromatic nitrogens is 1. The molecule has 0 aliphatic heterocycles. The fourth-order valence-electron chi connectivity index (χ4n) is 1.66. The van der Waals surface area contributed by atoms with Crippen molar-refractivity contribution < 1.29 is 22.7 Å². The Hall–Kier alpha value is -1.15. The van der Waals surface area contributed by atoms with E-state index in [1.54, 1.807) is 19.1 Å². The molecule has 0 aromatic carbocycles. The van der Waals surface area contributed by atoms with E-state index in [2.05, 4.69) is 20.9 Å². The summed E-state index contributed by atoms with van der Waals surface area (Å²) in [5.41, 5.74) is -0.0295. The van der Waals surface area contributed by atoms with Crippen LogP contribution in [-0.4, -0.2) is 48.3 Å². The predicted octanol–water partition coefficient (Wildman–Crippen LogP) is 3.28. The van der Waals surface area contributed by atoms with Crippen molar-refractivity contribution in [3.8, 4) is 0 Å². The molecule has 1 aromatic rings. The van der Waals surface area contributed by atoms with Crippen LogP contribution in [0.1, 0.15) is 23.8 Å². The Kier molecular flexibility index (Phi) is 7.10. The van der Waals surface area contributed by atoms with Gasteiger partial charge >= 0.3 is 6.18 Å². The highest BCUT2D eigenvalue weighted by atomic mass is 79.9. The van der Waals surface area contributed by atoms with E-state index in [4.69, 9.17) is 4.74 Å². The van der Waals surface area contributed by atoms with Gasteiger partial charge in [-0.15, -0.1) is 0 Å². The molecule has 0 spiro atoms. The average molecular weight is 369 g/mol. The van der Waals surface area contributed by atoms with Crippen LogP contribution in [0.5, 0.6) is 0 Å². The number of carbonyl (C=O) groups is 1. The summed E-state index contributed by atoms with van der Waals surface area (Å²) in [7, 11) is 0. The van der Waals surface area contributed by atoms with E-state index in [0.29, 0.717) is 24.1 Å². The smallest absolute Gasteiger partial charge is 0.382 e. The number of ether oxygens (including phenoxy) is 1. The maximum atomic E-state index is 12.6. The largest absolute Gasteiger partial charge is 0.406 e. The summed E-state index contributed by atoms with van der Waals surface area (Å²) in [5.74, 6) is -0.753. The van der Waals surface area contributed by atoms with Gasteiger partial charge in [-0.3, -0.25) is 4.79 Å². The van der Waals surface area contributed by atoms with Crippen LogP contribution in [0.3, 0.4) is 0 Å². The molecule has 21 heavy (non-hydrogen) atoms. The molecular formula is C13H16BrF3N2O2. The zero-order chi connectivity index (χ0) is 15.9. The van der Waals surface area contributed by atoms with Crippen molar-refractivity contribution in [1.82, 2.24) is 9.88 Å². The van der Waals surface area contributed by atoms with E-state index >= 15 is 0 Å².